The van der Waals surface area contributed by atoms with Gasteiger partial charge in [-0.15, -0.1) is 0 Å². The first-order valence-electron chi connectivity index (χ1n) is 9.34. The van der Waals surface area contributed by atoms with Gasteiger partial charge in [-0.3, -0.25) is 14.6 Å². The van der Waals surface area contributed by atoms with Crippen LogP contribution in [0.2, 0.25) is 0 Å². The van der Waals surface area contributed by atoms with Crippen LogP contribution < -0.4 is 16.0 Å². The number of benzene rings is 1. The number of rotatable bonds is 2. The predicted octanol–water partition coefficient (Wildman–Crippen LogP) is 0.786. The zero-order chi connectivity index (χ0) is 19.9. The van der Waals surface area contributed by atoms with Gasteiger partial charge < -0.3 is 18.9 Å². The molecule has 1 amide bonds. The lowest BCUT2D eigenvalue weighted by atomic mass is 9.79. The maximum atomic E-state index is 12.8. The lowest BCUT2D eigenvalue weighted by Crippen LogP contribution is -2.49. The summed E-state index contributed by atoms with van der Waals surface area (Å²) >= 11 is 0. The molecular formula is C20H23N3O5. The summed E-state index contributed by atoms with van der Waals surface area (Å²) < 4.78 is 12.7. The van der Waals surface area contributed by atoms with E-state index in [1.165, 1.54) is 23.4 Å². The van der Waals surface area contributed by atoms with Gasteiger partial charge in [0.2, 0.25) is 0 Å². The van der Waals surface area contributed by atoms with Crippen molar-refractivity contribution in [2.75, 3.05) is 26.8 Å². The van der Waals surface area contributed by atoms with Crippen molar-refractivity contribution in [3.05, 3.63) is 61.9 Å². The van der Waals surface area contributed by atoms with Crippen LogP contribution in [0, 0.1) is 0 Å². The highest BCUT2D eigenvalue weighted by Crippen LogP contribution is 2.42. The Morgan fingerprint density at radius 2 is 2.00 bits per heavy atom. The Kier molecular flexibility index (Phi) is 4.58. The number of fused-ring (bicyclic) bond motifs is 2. The minimum atomic E-state index is -0.653. The van der Waals surface area contributed by atoms with Gasteiger partial charge in [-0.2, -0.15) is 0 Å². The lowest BCUT2D eigenvalue weighted by Gasteiger charge is -2.45. The number of likely N-dealkylation sites (tertiary alicyclic amines) is 1. The molecule has 1 saturated heterocycles. The van der Waals surface area contributed by atoms with Crippen molar-refractivity contribution in [2.24, 2.45) is 7.05 Å². The second-order valence-corrected chi connectivity index (χ2v) is 7.32. The number of methoxy groups -OCH3 is 1. The van der Waals surface area contributed by atoms with Gasteiger partial charge in [0.15, 0.2) is 0 Å². The Bertz CT molecular complexity index is 1030. The molecule has 0 bridgehead atoms. The van der Waals surface area contributed by atoms with Crippen molar-refractivity contribution < 1.29 is 14.3 Å². The van der Waals surface area contributed by atoms with Crippen LogP contribution in [-0.4, -0.2) is 47.2 Å². The second kappa shape index (κ2) is 6.94. The second-order valence-electron chi connectivity index (χ2n) is 7.32. The minimum Gasteiger partial charge on any atom is -0.497 e. The van der Waals surface area contributed by atoms with Crippen molar-refractivity contribution in [3.63, 3.8) is 0 Å². The monoisotopic (exact) mass is 385 g/mol. The van der Waals surface area contributed by atoms with Crippen molar-refractivity contribution in [2.45, 2.75) is 24.9 Å². The SMILES string of the molecule is COc1ccc2c(c1)CCOC21CCN(C(=O)c2cn(C)c(=O)[nH]c2=O)CC1. The number of H-pyrrole nitrogens is 1. The Hall–Kier alpha value is -2.87. The van der Waals surface area contributed by atoms with Crippen molar-refractivity contribution in [1.29, 1.82) is 0 Å². The molecule has 3 heterocycles. The molecule has 0 aliphatic carbocycles. The number of amides is 1. The molecule has 2 aromatic rings. The average molecular weight is 385 g/mol. The van der Waals surface area contributed by atoms with Gasteiger partial charge in [-0.1, -0.05) is 6.07 Å². The van der Waals surface area contributed by atoms with E-state index in [2.05, 4.69) is 17.1 Å². The molecule has 8 nitrogen and oxygen atoms in total. The molecule has 0 radical (unpaired) electrons. The van der Waals surface area contributed by atoms with Gasteiger partial charge in [0.25, 0.3) is 11.5 Å². The standard InChI is InChI=1S/C20H23N3O5/c1-22-12-15(17(24)21-19(22)26)18(25)23-8-6-20(7-9-23)16-4-3-14(27-2)11-13(16)5-10-28-20/h3-4,11-12H,5-10H2,1-2H3,(H,21,24,26). The van der Waals surface area contributed by atoms with Crippen molar-refractivity contribution >= 4 is 5.91 Å². The molecular weight excluding hydrogens is 362 g/mol. The highest BCUT2D eigenvalue weighted by molar-refractivity contribution is 5.93. The van der Waals surface area contributed by atoms with E-state index in [-0.39, 0.29) is 11.5 Å². The fraction of sp³-hybridized carbons (Fsp3) is 0.450. The van der Waals surface area contributed by atoms with Gasteiger partial charge in [0.1, 0.15) is 11.3 Å². The van der Waals surface area contributed by atoms with E-state index in [1.54, 1.807) is 12.0 Å². The molecule has 2 aliphatic rings. The van der Waals surface area contributed by atoms with E-state index in [4.69, 9.17) is 9.47 Å². The Balaban J connectivity index is 1.56. The first kappa shape index (κ1) is 18.5. The highest BCUT2D eigenvalue weighted by Gasteiger charge is 2.42. The minimum absolute atomic E-state index is 0.0206. The van der Waals surface area contributed by atoms with Crippen LogP contribution in [0.1, 0.15) is 34.3 Å². The number of piperidine rings is 1. The number of aromatic amines is 1. The molecule has 0 atom stereocenters. The molecule has 2 aliphatic heterocycles. The summed E-state index contributed by atoms with van der Waals surface area (Å²) in [6.45, 7) is 1.59. The summed E-state index contributed by atoms with van der Waals surface area (Å²) in [5, 5.41) is 0. The Morgan fingerprint density at radius 1 is 1.25 bits per heavy atom. The zero-order valence-electron chi connectivity index (χ0n) is 16.0. The zero-order valence-corrected chi connectivity index (χ0v) is 16.0. The van der Waals surface area contributed by atoms with E-state index in [1.807, 2.05) is 6.07 Å². The van der Waals surface area contributed by atoms with E-state index in [0.29, 0.717) is 32.5 Å². The smallest absolute Gasteiger partial charge is 0.328 e. The summed E-state index contributed by atoms with van der Waals surface area (Å²) in [5.41, 5.74) is 0.757. The molecule has 1 aromatic heterocycles. The third-order valence-electron chi connectivity index (χ3n) is 5.75. The fourth-order valence-electron chi connectivity index (χ4n) is 4.15. The van der Waals surface area contributed by atoms with Crippen molar-refractivity contribution in [1.82, 2.24) is 14.5 Å². The van der Waals surface area contributed by atoms with E-state index in [0.717, 1.165) is 17.7 Å². The summed E-state index contributed by atoms with van der Waals surface area (Å²) in [6, 6.07) is 6.06. The topological polar surface area (TPSA) is 93.6 Å². The summed E-state index contributed by atoms with van der Waals surface area (Å²) in [6.07, 6.45) is 3.44. The van der Waals surface area contributed by atoms with Crippen LogP contribution in [0.4, 0.5) is 0 Å². The molecule has 1 fully saturated rings. The third-order valence-corrected chi connectivity index (χ3v) is 5.75. The molecule has 1 spiro atoms. The van der Waals surface area contributed by atoms with Crippen LogP contribution in [0.25, 0.3) is 0 Å². The summed E-state index contributed by atoms with van der Waals surface area (Å²) in [4.78, 5) is 40.2. The first-order chi connectivity index (χ1) is 13.4. The van der Waals surface area contributed by atoms with Gasteiger partial charge in [-0.05, 0) is 42.5 Å². The molecule has 4 rings (SSSR count). The quantitative estimate of drug-likeness (QED) is 0.825. The van der Waals surface area contributed by atoms with Crippen molar-refractivity contribution in [3.8, 4) is 5.75 Å². The number of hydrogen-bond acceptors (Lipinski definition) is 5. The summed E-state index contributed by atoms with van der Waals surface area (Å²) in [7, 11) is 3.16. The van der Waals surface area contributed by atoms with Crippen LogP contribution in [0.3, 0.4) is 0 Å². The number of aromatic nitrogens is 2. The van der Waals surface area contributed by atoms with Gasteiger partial charge in [-0.25, -0.2) is 4.79 Å². The number of ether oxygens (including phenoxy) is 2. The van der Waals surface area contributed by atoms with Crippen LogP contribution >= 0.6 is 0 Å². The van der Waals surface area contributed by atoms with E-state index < -0.39 is 16.9 Å². The summed E-state index contributed by atoms with van der Waals surface area (Å²) in [5.74, 6) is 0.467. The Morgan fingerprint density at radius 3 is 2.71 bits per heavy atom. The number of carbonyl (C=O) groups is 1. The maximum absolute atomic E-state index is 12.8. The third kappa shape index (κ3) is 3.03. The van der Waals surface area contributed by atoms with E-state index >= 15 is 0 Å². The molecule has 148 valence electrons. The number of aryl methyl sites for hydroxylation is 1. The van der Waals surface area contributed by atoms with Crippen LogP contribution in [-0.2, 0) is 23.8 Å². The van der Waals surface area contributed by atoms with Gasteiger partial charge >= 0.3 is 5.69 Å². The maximum Gasteiger partial charge on any atom is 0.328 e. The Labute approximate surface area is 161 Å². The fourth-order valence-corrected chi connectivity index (χ4v) is 4.15. The average Bonchev–Trinajstić information content (AvgIpc) is 2.70. The predicted molar refractivity (Wildman–Crippen MR) is 102 cm³/mol. The number of hydrogen-bond donors (Lipinski definition) is 1. The van der Waals surface area contributed by atoms with Gasteiger partial charge in [0, 0.05) is 26.3 Å². The number of nitrogens with zero attached hydrogens (tertiary/aromatic N) is 2. The molecule has 1 N–H and O–H groups in total. The van der Waals surface area contributed by atoms with Crippen LogP contribution in [0.5, 0.6) is 5.75 Å². The van der Waals surface area contributed by atoms with E-state index in [9.17, 15) is 14.4 Å². The first-order valence-corrected chi connectivity index (χ1v) is 9.34. The number of nitrogens with one attached hydrogen (secondary N) is 1. The molecule has 8 heteroatoms. The largest absolute Gasteiger partial charge is 0.497 e. The lowest BCUT2D eigenvalue weighted by molar-refractivity contribution is -0.0935. The highest BCUT2D eigenvalue weighted by atomic mass is 16.5. The number of carbonyl (C=O) groups excluding carboxylic acids is 1. The molecule has 0 saturated carbocycles. The molecule has 0 unspecified atom stereocenters. The van der Waals surface area contributed by atoms with Crippen LogP contribution in [0.15, 0.2) is 34.0 Å². The molecule has 28 heavy (non-hydrogen) atoms. The van der Waals surface area contributed by atoms with Gasteiger partial charge in [0.05, 0.1) is 19.3 Å². The molecule has 1 aromatic carbocycles. The normalized spacial score (nSPS) is 18.0.